The Morgan fingerprint density at radius 1 is 0.407 bits per heavy atom. The number of rotatable bonds is 22. The molecule has 0 aromatic carbocycles. The average Bonchev–Trinajstić information content (AvgIpc) is 2.62. The molecule has 0 radical (unpaired) electrons. The molecule has 11 heteroatoms. The van der Waals surface area contributed by atoms with E-state index in [4.69, 9.17) is 43.4 Å². The van der Waals surface area contributed by atoms with Gasteiger partial charge in [0.15, 0.2) is 0 Å². The fraction of sp³-hybridized carbons (Fsp3) is 0.875. The molecule has 0 aromatic rings. The highest BCUT2D eigenvalue weighted by Gasteiger charge is 1.97. The third kappa shape index (κ3) is 24.7. The van der Waals surface area contributed by atoms with Gasteiger partial charge in [0.25, 0.3) is 0 Å². The van der Waals surface area contributed by atoms with Gasteiger partial charge in [-0.1, -0.05) is 0 Å². The quantitative estimate of drug-likeness (QED) is 0.223. The molecular formula is C16H30O11. The minimum absolute atomic E-state index is 0.235. The standard InChI is InChI=1S/C16H30O11/c17-15(18)13-26-11-9-24-7-5-22-3-1-21-2-4-23-6-8-25-10-12-27-14-16(19)20/h1-14H2,(H,17,18)(H,19,20). The SMILES string of the molecule is O=C(O)COCCOCCOCCOCCOCCOCCOCC(=O)O. The summed E-state index contributed by atoms with van der Waals surface area (Å²) in [6.45, 7) is 3.90. The summed E-state index contributed by atoms with van der Waals surface area (Å²) in [4.78, 5) is 20.4. The van der Waals surface area contributed by atoms with Crippen LogP contribution in [0, 0.1) is 0 Å². The Bertz CT molecular complexity index is 319. The van der Waals surface area contributed by atoms with Crippen molar-refractivity contribution in [1.29, 1.82) is 0 Å². The first kappa shape index (κ1) is 25.7. The largest absolute Gasteiger partial charge is 0.480 e. The molecule has 0 unspecified atom stereocenters. The van der Waals surface area contributed by atoms with Gasteiger partial charge in [0.1, 0.15) is 13.2 Å². The first-order chi connectivity index (χ1) is 13.1. The highest BCUT2D eigenvalue weighted by atomic mass is 16.6. The second-order valence-corrected chi connectivity index (χ2v) is 4.95. The van der Waals surface area contributed by atoms with Crippen LogP contribution in [0.15, 0.2) is 0 Å². The summed E-state index contributed by atoms with van der Waals surface area (Å²) in [5, 5.41) is 16.7. The van der Waals surface area contributed by atoms with Crippen LogP contribution in [-0.2, 0) is 42.7 Å². The molecule has 27 heavy (non-hydrogen) atoms. The van der Waals surface area contributed by atoms with Crippen LogP contribution < -0.4 is 0 Å². The van der Waals surface area contributed by atoms with Crippen LogP contribution in [0.5, 0.6) is 0 Å². The van der Waals surface area contributed by atoms with Crippen LogP contribution in [0.2, 0.25) is 0 Å². The molecule has 0 bridgehead atoms. The number of carbonyl (C=O) groups is 2. The predicted octanol–water partition coefficient (Wildman–Crippen LogP) is -0.728. The van der Waals surface area contributed by atoms with E-state index in [1.54, 1.807) is 0 Å². The maximum Gasteiger partial charge on any atom is 0.329 e. The van der Waals surface area contributed by atoms with Crippen molar-refractivity contribution in [3.05, 3.63) is 0 Å². The van der Waals surface area contributed by atoms with Crippen molar-refractivity contribution in [2.75, 3.05) is 92.5 Å². The highest BCUT2D eigenvalue weighted by molar-refractivity contribution is 5.68. The maximum atomic E-state index is 10.2. The van der Waals surface area contributed by atoms with E-state index in [1.807, 2.05) is 0 Å². The van der Waals surface area contributed by atoms with E-state index in [2.05, 4.69) is 0 Å². The van der Waals surface area contributed by atoms with Gasteiger partial charge in [0.05, 0.1) is 79.3 Å². The number of carboxylic acid groups (broad SMARTS) is 2. The summed E-state index contributed by atoms with van der Waals surface area (Å²) in [7, 11) is 0. The Morgan fingerprint density at radius 3 is 0.778 bits per heavy atom. The van der Waals surface area contributed by atoms with E-state index < -0.39 is 11.9 Å². The number of ether oxygens (including phenoxy) is 7. The van der Waals surface area contributed by atoms with Crippen molar-refractivity contribution < 1.29 is 53.0 Å². The third-order valence-corrected chi connectivity index (χ3v) is 2.68. The van der Waals surface area contributed by atoms with Gasteiger partial charge in [-0.2, -0.15) is 0 Å². The van der Waals surface area contributed by atoms with Gasteiger partial charge in [-0.3, -0.25) is 0 Å². The Hall–Kier alpha value is -1.34. The molecule has 0 saturated heterocycles. The van der Waals surface area contributed by atoms with E-state index >= 15 is 0 Å². The lowest BCUT2D eigenvalue weighted by atomic mass is 10.6. The number of carboxylic acids is 2. The van der Waals surface area contributed by atoms with Crippen LogP contribution in [0.25, 0.3) is 0 Å². The first-order valence-corrected chi connectivity index (χ1v) is 8.60. The smallest absolute Gasteiger partial charge is 0.329 e. The van der Waals surface area contributed by atoms with Gasteiger partial charge in [-0.05, 0) is 0 Å². The van der Waals surface area contributed by atoms with Crippen molar-refractivity contribution in [3.8, 4) is 0 Å². The second-order valence-electron chi connectivity index (χ2n) is 4.95. The zero-order valence-electron chi connectivity index (χ0n) is 15.5. The first-order valence-electron chi connectivity index (χ1n) is 8.60. The molecule has 0 spiro atoms. The molecule has 11 nitrogen and oxygen atoms in total. The van der Waals surface area contributed by atoms with Gasteiger partial charge in [-0.25, -0.2) is 9.59 Å². The molecule has 0 saturated carbocycles. The molecule has 0 aliphatic rings. The highest BCUT2D eigenvalue weighted by Crippen LogP contribution is 1.85. The van der Waals surface area contributed by atoms with Crippen LogP contribution in [0.4, 0.5) is 0 Å². The van der Waals surface area contributed by atoms with Gasteiger partial charge in [0.2, 0.25) is 0 Å². The van der Waals surface area contributed by atoms with Crippen molar-refractivity contribution in [2.24, 2.45) is 0 Å². The second kappa shape index (κ2) is 21.0. The molecular weight excluding hydrogens is 368 g/mol. The fourth-order valence-electron chi connectivity index (χ4n) is 1.54. The lowest BCUT2D eigenvalue weighted by Crippen LogP contribution is -2.15. The van der Waals surface area contributed by atoms with Crippen molar-refractivity contribution >= 4 is 11.9 Å². The molecule has 0 amide bonds. The monoisotopic (exact) mass is 398 g/mol. The Balaban J connectivity index is 3.01. The normalized spacial score (nSPS) is 11.0. The topological polar surface area (TPSA) is 139 Å². The summed E-state index contributed by atoms with van der Waals surface area (Å²) in [5.74, 6) is -2.01. The van der Waals surface area contributed by atoms with Crippen molar-refractivity contribution in [1.82, 2.24) is 0 Å². The van der Waals surface area contributed by atoms with Gasteiger partial charge >= 0.3 is 11.9 Å². The summed E-state index contributed by atoms with van der Waals surface area (Å²) >= 11 is 0. The molecule has 0 aliphatic heterocycles. The Labute approximate surface area is 158 Å². The molecule has 0 aromatic heterocycles. The van der Waals surface area contributed by atoms with Gasteiger partial charge in [0, 0.05) is 0 Å². The zero-order valence-corrected chi connectivity index (χ0v) is 15.5. The molecule has 0 atom stereocenters. The summed E-state index contributed by atoms with van der Waals surface area (Å²) in [6.07, 6.45) is 0. The zero-order chi connectivity index (χ0) is 20.0. The van der Waals surface area contributed by atoms with Crippen LogP contribution in [0.1, 0.15) is 0 Å². The fourth-order valence-corrected chi connectivity index (χ4v) is 1.54. The van der Waals surface area contributed by atoms with Crippen molar-refractivity contribution in [3.63, 3.8) is 0 Å². The van der Waals surface area contributed by atoms with E-state index in [9.17, 15) is 9.59 Å². The Kier molecular flexibility index (Phi) is 19.9. The lowest BCUT2D eigenvalue weighted by molar-refractivity contribution is -0.143. The molecule has 160 valence electrons. The van der Waals surface area contributed by atoms with Crippen molar-refractivity contribution in [2.45, 2.75) is 0 Å². The summed E-state index contributed by atoms with van der Waals surface area (Å²) in [5.41, 5.74) is 0. The van der Waals surface area contributed by atoms with Crippen LogP contribution >= 0.6 is 0 Å². The van der Waals surface area contributed by atoms with E-state index in [1.165, 1.54) is 0 Å². The van der Waals surface area contributed by atoms with Gasteiger partial charge < -0.3 is 43.4 Å². The molecule has 2 N–H and O–H groups in total. The Morgan fingerprint density at radius 2 is 0.593 bits per heavy atom. The number of aliphatic carboxylic acids is 2. The maximum absolute atomic E-state index is 10.2. The van der Waals surface area contributed by atoms with E-state index in [0.29, 0.717) is 66.1 Å². The average molecular weight is 398 g/mol. The van der Waals surface area contributed by atoms with Crippen LogP contribution in [0.3, 0.4) is 0 Å². The van der Waals surface area contributed by atoms with Gasteiger partial charge in [-0.15, -0.1) is 0 Å². The number of hydrogen-bond donors (Lipinski definition) is 2. The molecule has 0 heterocycles. The molecule has 0 aliphatic carbocycles. The summed E-state index contributed by atoms with van der Waals surface area (Å²) in [6, 6.07) is 0. The van der Waals surface area contributed by atoms with E-state index in [-0.39, 0.29) is 26.4 Å². The lowest BCUT2D eigenvalue weighted by Gasteiger charge is -2.08. The summed E-state index contributed by atoms with van der Waals surface area (Å²) < 4.78 is 35.9. The molecule has 0 rings (SSSR count). The minimum Gasteiger partial charge on any atom is -0.480 e. The number of hydrogen-bond acceptors (Lipinski definition) is 9. The van der Waals surface area contributed by atoms with E-state index in [0.717, 1.165) is 0 Å². The van der Waals surface area contributed by atoms with Crippen LogP contribution in [-0.4, -0.2) is 115 Å². The molecule has 0 fully saturated rings. The third-order valence-electron chi connectivity index (χ3n) is 2.68. The predicted molar refractivity (Wildman–Crippen MR) is 91.0 cm³/mol. The minimum atomic E-state index is -1.00.